The first kappa shape index (κ1) is 21.3. The molecule has 8 nitrogen and oxygen atoms in total. The molecule has 1 aromatic rings. The van der Waals surface area contributed by atoms with Gasteiger partial charge in [-0.3, -0.25) is 5.32 Å². The SMILES string of the molecule is C=CC(=Nc1c(OC)ncc(C2CCOCC2)c1C)NC(=O)N1CCC(C)(O)C1. The summed E-state index contributed by atoms with van der Waals surface area (Å²) in [7, 11) is 1.55. The van der Waals surface area contributed by atoms with Gasteiger partial charge in [-0.15, -0.1) is 0 Å². The Labute approximate surface area is 171 Å². The van der Waals surface area contributed by atoms with Crippen molar-refractivity contribution in [2.24, 2.45) is 4.99 Å². The molecule has 1 aromatic heterocycles. The first-order valence-electron chi connectivity index (χ1n) is 9.95. The number of nitrogens with one attached hydrogen (secondary N) is 1. The lowest BCUT2D eigenvalue weighted by Crippen LogP contribution is -2.42. The fraction of sp³-hybridized carbons (Fsp3) is 0.571. The minimum absolute atomic E-state index is 0.284. The largest absolute Gasteiger partial charge is 0.479 e. The monoisotopic (exact) mass is 402 g/mol. The third kappa shape index (κ3) is 4.94. The second-order valence-electron chi connectivity index (χ2n) is 7.88. The molecule has 0 aliphatic carbocycles. The van der Waals surface area contributed by atoms with Gasteiger partial charge >= 0.3 is 6.03 Å². The number of aliphatic imine (C=N–C) groups is 1. The number of amidine groups is 1. The lowest BCUT2D eigenvalue weighted by Gasteiger charge is -2.24. The zero-order valence-corrected chi connectivity index (χ0v) is 17.4. The van der Waals surface area contributed by atoms with Crippen LogP contribution in [0.5, 0.6) is 5.88 Å². The average Bonchev–Trinajstić information content (AvgIpc) is 3.09. The van der Waals surface area contributed by atoms with E-state index in [1.165, 1.54) is 6.08 Å². The highest BCUT2D eigenvalue weighted by Crippen LogP contribution is 2.37. The van der Waals surface area contributed by atoms with Gasteiger partial charge in [-0.05, 0) is 56.2 Å². The average molecular weight is 402 g/mol. The molecule has 1 atom stereocenters. The van der Waals surface area contributed by atoms with Gasteiger partial charge in [0, 0.05) is 26.0 Å². The zero-order chi connectivity index (χ0) is 21.0. The number of carbonyl (C=O) groups is 1. The van der Waals surface area contributed by atoms with E-state index in [4.69, 9.17) is 9.47 Å². The number of rotatable bonds is 4. The highest BCUT2D eigenvalue weighted by atomic mass is 16.5. The first-order valence-corrected chi connectivity index (χ1v) is 9.95. The van der Waals surface area contributed by atoms with Crippen LogP contribution < -0.4 is 10.1 Å². The molecule has 2 aliphatic heterocycles. The number of β-amino-alcohol motifs (C(OH)–C–C–N with tert-alkyl or cyclic N) is 1. The maximum absolute atomic E-state index is 12.6. The molecule has 29 heavy (non-hydrogen) atoms. The molecule has 2 saturated heterocycles. The summed E-state index contributed by atoms with van der Waals surface area (Å²) in [5.41, 5.74) is 1.82. The molecular formula is C21H30N4O4. The van der Waals surface area contributed by atoms with Crippen LogP contribution in [0.25, 0.3) is 0 Å². The standard InChI is InChI=1S/C21H30N4O4/c1-5-17(24-20(26)25-9-8-21(3,27)13-25)23-18-14(2)16(12-22-19(18)28-4)15-6-10-29-11-7-15/h5,12,15,27H,1,6-11,13H2,2-4H3,(H,23,24,26). The van der Waals surface area contributed by atoms with E-state index in [9.17, 15) is 9.90 Å². The molecule has 0 bridgehead atoms. The van der Waals surface area contributed by atoms with Crippen LogP contribution in [0.4, 0.5) is 10.5 Å². The molecular weight excluding hydrogens is 372 g/mol. The Balaban J connectivity index is 1.85. The van der Waals surface area contributed by atoms with Crippen molar-refractivity contribution >= 4 is 17.6 Å². The summed E-state index contributed by atoms with van der Waals surface area (Å²) in [6, 6.07) is -0.313. The van der Waals surface area contributed by atoms with E-state index in [1.54, 1.807) is 18.9 Å². The Morgan fingerprint density at radius 2 is 2.24 bits per heavy atom. The van der Waals surface area contributed by atoms with Crippen LogP contribution in [0.15, 0.2) is 23.8 Å². The topological polar surface area (TPSA) is 96.3 Å². The fourth-order valence-corrected chi connectivity index (χ4v) is 3.84. The van der Waals surface area contributed by atoms with Gasteiger partial charge in [0.15, 0.2) is 0 Å². The predicted octanol–water partition coefficient (Wildman–Crippen LogP) is 2.67. The molecule has 3 rings (SSSR count). The van der Waals surface area contributed by atoms with Crippen molar-refractivity contribution in [3.63, 3.8) is 0 Å². The van der Waals surface area contributed by atoms with Crippen LogP contribution >= 0.6 is 0 Å². The third-order valence-electron chi connectivity index (χ3n) is 5.57. The van der Waals surface area contributed by atoms with Crippen molar-refractivity contribution in [2.45, 2.75) is 44.6 Å². The van der Waals surface area contributed by atoms with Gasteiger partial charge in [-0.2, -0.15) is 0 Å². The molecule has 1 unspecified atom stereocenters. The molecule has 8 heteroatoms. The molecule has 2 amide bonds. The quantitative estimate of drug-likeness (QED) is 0.596. The molecule has 0 aromatic carbocycles. The number of carbonyl (C=O) groups excluding carboxylic acids is 1. The molecule has 0 radical (unpaired) electrons. The van der Waals surface area contributed by atoms with E-state index >= 15 is 0 Å². The van der Waals surface area contributed by atoms with E-state index < -0.39 is 5.60 Å². The Hall–Kier alpha value is -2.45. The predicted molar refractivity (Wildman–Crippen MR) is 111 cm³/mol. The van der Waals surface area contributed by atoms with Crippen LogP contribution in [0, 0.1) is 6.92 Å². The molecule has 2 N–H and O–H groups in total. The number of urea groups is 1. The summed E-state index contributed by atoms with van der Waals surface area (Å²) in [4.78, 5) is 23.2. The van der Waals surface area contributed by atoms with Gasteiger partial charge in [0.05, 0.1) is 19.3 Å². The van der Waals surface area contributed by atoms with Gasteiger partial charge in [-0.1, -0.05) is 6.58 Å². The van der Waals surface area contributed by atoms with Gasteiger partial charge in [-0.25, -0.2) is 14.8 Å². The number of pyridine rings is 1. The number of ether oxygens (including phenoxy) is 2. The van der Waals surface area contributed by atoms with Crippen LogP contribution in [0.3, 0.4) is 0 Å². The summed E-state index contributed by atoms with van der Waals surface area (Å²) in [5, 5.41) is 12.9. The maximum atomic E-state index is 12.6. The van der Waals surface area contributed by atoms with Crippen molar-refractivity contribution in [3.05, 3.63) is 30.0 Å². The molecule has 0 spiro atoms. The number of methoxy groups -OCH3 is 1. The Morgan fingerprint density at radius 1 is 1.52 bits per heavy atom. The van der Waals surface area contributed by atoms with Crippen LogP contribution in [0.1, 0.15) is 43.2 Å². The summed E-state index contributed by atoms with van der Waals surface area (Å²) < 4.78 is 10.9. The number of nitrogens with zero attached hydrogens (tertiary/aromatic N) is 3. The fourth-order valence-electron chi connectivity index (χ4n) is 3.84. The van der Waals surface area contributed by atoms with Crippen molar-refractivity contribution in [2.75, 3.05) is 33.4 Å². The van der Waals surface area contributed by atoms with Crippen LogP contribution in [0.2, 0.25) is 0 Å². The van der Waals surface area contributed by atoms with Crippen molar-refractivity contribution in [1.82, 2.24) is 15.2 Å². The minimum Gasteiger partial charge on any atom is -0.479 e. The summed E-state index contributed by atoms with van der Waals surface area (Å²) >= 11 is 0. The highest BCUT2D eigenvalue weighted by Gasteiger charge is 2.34. The number of amides is 2. The Morgan fingerprint density at radius 3 is 2.83 bits per heavy atom. The van der Waals surface area contributed by atoms with E-state index in [0.717, 1.165) is 37.2 Å². The van der Waals surface area contributed by atoms with Gasteiger partial charge in [0.25, 0.3) is 0 Å². The summed E-state index contributed by atoms with van der Waals surface area (Å²) in [6.07, 6.45) is 5.77. The van der Waals surface area contributed by atoms with Crippen LogP contribution in [-0.2, 0) is 4.74 Å². The smallest absolute Gasteiger partial charge is 0.323 e. The number of aromatic nitrogens is 1. The zero-order valence-electron chi connectivity index (χ0n) is 17.4. The summed E-state index contributed by atoms with van der Waals surface area (Å²) in [5.74, 6) is 1.08. The van der Waals surface area contributed by atoms with E-state index in [-0.39, 0.29) is 12.6 Å². The number of hydrogen-bond acceptors (Lipinski definition) is 6. The number of aliphatic hydroxyl groups is 1. The lowest BCUT2D eigenvalue weighted by molar-refractivity contribution is 0.0722. The summed E-state index contributed by atoms with van der Waals surface area (Å²) in [6.45, 7) is 9.75. The van der Waals surface area contributed by atoms with Gasteiger partial charge < -0.3 is 19.5 Å². The molecule has 2 fully saturated rings. The second kappa shape index (κ2) is 8.92. The van der Waals surface area contributed by atoms with Crippen molar-refractivity contribution in [3.8, 4) is 5.88 Å². The molecule has 2 aliphatic rings. The number of hydrogen-bond donors (Lipinski definition) is 2. The minimum atomic E-state index is -0.857. The second-order valence-corrected chi connectivity index (χ2v) is 7.88. The van der Waals surface area contributed by atoms with Crippen molar-refractivity contribution in [1.29, 1.82) is 0 Å². The molecule has 158 valence electrons. The third-order valence-corrected chi connectivity index (χ3v) is 5.57. The van der Waals surface area contributed by atoms with Crippen molar-refractivity contribution < 1.29 is 19.4 Å². The molecule has 0 saturated carbocycles. The highest BCUT2D eigenvalue weighted by molar-refractivity contribution is 6.05. The van der Waals surface area contributed by atoms with Crippen LogP contribution in [-0.4, -0.2) is 65.9 Å². The maximum Gasteiger partial charge on any atom is 0.323 e. The first-order chi connectivity index (χ1) is 13.8. The number of likely N-dealkylation sites (tertiary alicyclic amines) is 1. The Kier molecular flexibility index (Phi) is 6.54. The Bertz CT molecular complexity index is 800. The molecule has 3 heterocycles. The van der Waals surface area contributed by atoms with E-state index in [2.05, 4.69) is 21.9 Å². The lowest BCUT2D eigenvalue weighted by atomic mass is 9.89. The van der Waals surface area contributed by atoms with E-state index in [0.29, 0.717) is 36.3 Å². The normalized spacial score (nSPS) is 23.2. The van der Waals surface area contributed by atoms with Gasteiger partial charge in [0.2, 0.25) is 5.88 Å². The van der Waals surface area contributed by atoms with E-state index in [1.807, 2.05) is 13.1 Å². The van der Waals surface area contributed by atoms with Gasteiger partial charge in [0.1, 0.15) is 11.5 Å².